The number of hydrogen-bond acceptors (Lipinski definition) is 3. The van der Waals surface area contributed by atoms with Crippen LogP contribution in [0.5, 0.6) is 0 Å². The minimum absolute atomic E-state index is 0.194. The Bertz CT molecular complexity index is 1330. The van der Waals surface area contributed by atoms with Gasteiger partial charge >= 0.3 is 0 Å². The van der Waals surface area contributed by atoms with E-state index in [1.165, 1.54) is 18.2 Å². The van der Waals surface area contributed by atoms with Crippen molar-refractivity contribution in [2.75, 3.05) is 10.6 Å². The molecule has 0 spiro atoms. The maximum atomic E-state index is 14.2. The van der Waals surface area contributed by atoms with Gasteiger partial charge in [-0.05, 0) is 71.8 Å². The Hall–Kier alpha value is -2.82. The second-order valence-electron chi connectivity index (χ2n) is 7.63. The predicted octanol–water partition coefficient (Wildman–Crippen LogP) is 6.30. The number of anilines is 2. The maximum Gasteiger partial charge on any atom is 0.176 e. The third kappa shape index (κ3) is 5.45. The van der Waals surface area contributed by atoms with Gasteiger partial charge in [0.05, 0.1) is 34.6 Å². The van der Waals surface area contributed by atoms with Crippen molar-refractivity contribution in [3.63, 3.8) is 0 Å². The molecular weight excluding hydrogens is 546 g/mol. The summed E-state index contributed by atoms with van der Waals surface area (Å²) in [6, 6.07) is 10.8. The van der Waals surface area contributed by atoms with Crippen LogP contribution in [0.4, 0.5) is 20.3 Å². The molecule has 0 fully saturated rings. The van der Waals surface area contributed by atoms with Crippen molar-refractivity contribution in [3.05, 3.63) is 92.3 Å². The van der Waals surface area contributed by atoms with E-state index in [1.54, 1.807) is 39.8 Å². The number of nitrogens with zero attached hydrogens (tertiary/aromatic N) is 4. The number of aryl methyl sites for hydroxylation is 1. The summed E-state index contributed by atoms with van der Waals surface area (Å²) < 4.78 is 31.5. The van der Waals surface area contributed by atoms with E-state index in [2.05, 4.69) is 36.8 Å². The van der Waals surface area contributed by atoms with Gasteiger partial charge in [-0.1, -0.05) is 29.8 Å². The average molecular weight is 566 g/mol. The lowest BCUT2D eigenvalue weighted by Crippen LogP contribution is -2.20. The van der Waals surface area contributed by atoms with Gasteiger partial charge < -0.3 is 10.6 Å². The fraction of sp³-hybridized carbons (Fsp3) is 0.174. The number of thiocarbonyl (C=S) groups is 1. The summed E-state index contributed by atoms with van der Waals surface area (Å²) in [6.07, 6.45) is 1.81. The van der Waals surface area contributed by atoms with E-state index >= 15 is 0 Å². The van der Waals surface area contributed by atoms with Gasteiger partial charge in [0, 0.05) is 16.8 Å². The highest BCUT2D eigenvalue weighted by Crippen LogP contribution is 2.25. The zero-order chi connectivity index (χ0) is 24.4. The molecule has 2 N–H and O–H groups in total. The Balaban J connectivity index is 1.45. The van der Waals surface area contributed by atoms with Crippen LogP contribution in [-0.2, 0) is 13.1 Å². The van der Waals surface area contributed by atoms with E-state index in [9.17, 15) is 8.78 Å². The number of aromatic nitrogens is 4. The molecule has 0 aliphatic heterocycles. The van der Waals surface area contributed by atoms with Gasteiger partial charge in [0.25, 0.3) is 0 Å². The second-order valence-corrected chi connectivity index (χ2v) is 9.30. The minimum Gasteiger partial charge on any atom is -0.329 e. The lowest BCUT2D eigenvalue weighted by Gasteiger charge is -2.11. The normalized spacial score (nSPS) is 11.0. The molecule has 4 aromatic rings. The SMILES string of the molecule is Cc1nn(Cc2c(F)cccc2Cl)c(C)c1NC(=S)Nc1nn(Cc2ccc(F)cc2)cc1Br. The fourth-order valence-electron chi connectivity index (χ4n) is 3.46. The third-order valence-electron chi connectivity index (χ3n) is 5.20. The van der Waals surface area contributed by atoms with Crippen molar-refractivity contribution in [3.8, 4) is 0 Å². The highest BCUT2D eigenvalue weighted by molar-refractivity contribution is 9.10. The van der Waals surface area contributed by atoms with Crippen molar-refractivity contribution < 1.29 is 8.78 Å². The molecule has 0 amide bonds. The Labute approximate surface area is 214 Å². The van der Waals surface area contributed by atoms with Crippen LogP contribution in [0.15, 0.2) is 53.1 Å². The summed E-state index contributed by atoms with van der Waals surface area (Å²) in [6.45, 7) is 4.38. The fourth-order valence-corrected chi connectivity index (χ4v) is 4.29. The molecule has 0 atom stereocenters. The lowest BCUT2D eigenvalue weighted by atomic mass is 10.2. The molecule has 6 nitrogen and oxygen atoms in total. The molecule has 0 aliphatic carbocycles. The van der Waals surface area contributed by atoms with Gasteiger partial charge in [-0.25, -0.2) is 8.78 Å². The predicted molar refractivity (Wildman–Crippen MR) is 137 cm³/mol. The van der Waals surface area contributed by atoms with Crippen LogP contribution in [0.2, 0.25) is 5.02 Å². The summed E-state index contributed by atoms with van der Waals surface area (Å²) in [7, 11) is 0. The topological polar surface area (TPSA) is 59.7 Å². The highest BCUT2D eigenvalue weighted by Gasteiger charge is 2.17. The molecule has 176 valence electrons. The molecule has 0 unspecified atom stereocenters. The first kappa shape index (κ1) is 24.3. The van der Waals surface area contributed by atoms with Crippen molar-refractivity contribution >= 4 is 56.4 Å². The van der Waals surface area contributed by atoms with E-state index in [4.69, 9.17) is 23.8 Å². The zero-order valence-corrected chi connectivity index (χ0v) is 21.4. The Morgan fingerprint density at radius 1 is 1.06 bits per heavy atom. The van der Waals surface area contributed by atoms with Crippen molar-refractivity contribution in [1.29, 1.82) is 0 Å². The van der Waals surface area contributed by atoms with E-state index in [0.29, 0.717) is 39.4 Å². The molecule has 11 heteroatoms. The van der Waals surface area contributed by atoms with Gasteiger partial charge in [0.1, 0.15) is 11.6 Å². The maximum absolute atomic E-state index is 14.2. The molecule has 0 saturated heterocycles. The molecule has 2 aromatic heterocycles. The van der Waals surface area contributed by atoms with Crippen LogP contribution in [0.25, 0.3) is 0 Å². The van der Waals surface area contributed by atoms with E-state index in [0.717, 1.165) is 15.7 Å². The summed E-state index contributed by atoms with van der Waals surface area (Å²) in [5, 5.41) is 15.9. The number of nitrogens with one attached hydrogen (secondary N) is 2. The standard InChI is InChI=1S/C23H20BrClF2N6S/c1-13-21(14(2)33(30-13)11-17-19(25)4-3-5-20(17)27)28-23(34)29-22-18(24)12-32(31-22)10-15-6-8-16(26)9-7-15/h3-9,12H,10-11H2,1-2H3,(H2,28,29,31,34). The first-order valence-corrected chi connectivity index (χ1v) is 11.8. The van der Waals surface area contributed by atoms with E-state index in [-0.39, 0.29) is 18.2 Å². The summed E-state index contributed by atoms with van der Waals surface area (Å²) in [5.74, 6) is -0.136. The van der Waals surface area contributed by atoms with Gasteiger partial charge in [-0.3, -0.25) is 9.36 Å². The van der Waals surface area contributed by atoms with Crippen LogP contribution < -0.4 is 10.6 Å². The van der Waals surface area contributed by atoms with Crippen molar-refractivity contribution in [1.82, 2.24) is 19.6 Å². The van der Waals surface area contributed by atoms with Gasteiger partial charge in [0.15, 0.2) is 10.9 Å². The molecule has 0 radical (unpaired) electrons. The molecule has 2 heterocycles. The summed E-state index contributed by atoms with van der Waals surface area (Å²) in [5.41, 5.74) is 3.48. The zero-order valence-electron chi connectivity index (χ0n) is 18.2. The third-order valence-corrected chi connectivity index (χ3v) is 6.33. The summed E-state index contributed by atoms with van der Waals surface area (Å²) >= 11 is 15.1. The first-order chi connectivity index (χ1) is 16.2. The number of halogens is 4. The van der Waals surface area contributed by atoms with Gasteiger partial charge in [-0.15, -0.1) is 0 Å². The van der Waals surface area contributed by atoms with Crippen molar-refractivity contribution in [2.24, 2.45) is 0 Å². The number of benzene rings is 2. The number of rotatable bonds is 6. The Kier molecular flexibility index (Phi) is 7.30. The molecule has 4 rings (SSSR count). The van der Waals surface area contributed by atoms with E-state index < -0.39 is 0 Å². The first-order valence-electron chi connectivity index (χ1n) is 10.2. The van der Waals surface area contributed by atoms with Crippen LogP contribution in [0.1, 0.15) is 22.5 Å². The minimum atomic E-state index is -0.382. The lowest BCUT2D eigenvalue weighted by molar-refractivity contribution is 0.579. The molecule has 2 aromatic carbocycles. The van der Waals surface area contributed by atoms with Crippen LogP contribution in [0, 0.1) is 25.5 Å². The largest absolute Gasteiger partial charge is 0.329 e. The van der Waals surface area contributed by atoms with Crippen molar-refractivity contribution in [2.45, 2.75) is 26.9 Å². The molecule has 0 saturated carbocycles. The van der Waals surface area contributed by atoms with Crippen LogP contribution in [0.3, 0.4) is 0 Å². The average Bonchev–Trinajstić information content (AvgIpc) is 3.25. The van der Waals surface area contributed by atoms with Gasteiger partial charge in [0.2, 0.25) is 0 Å². The molecule has 0 aliphatic rings. The second kappa shape index (κ2) is 10.2. The van der Waals surface area contributed by atoms with Crippen LogP contribution >= 0.6 is 39.7 Å². The summed E-state index contributed by atoms with van der Waals surface area (Å²) in [4.78, 5) is 0. The quantitative estimate of drug-likeness (QED) is 0.269. The highest BCUT2D eigenvalue weighted by atomic mass is 79.9. The Morgan fingerprint density at radius 3 is 2.50 bits per heavy atom. The molecular formula is C23H20BrClF2N6S. The molecule has 34 heavy (non-hydrogen) atoms. The van der Waals surface area contributed by atoms with Crippen LogP contribution in [-0.4, -0.2) is 24.7 Å². The van der Waals surface area contributed by atoms with E-state index in [1.807, 2.05) is 13.8 Å². The van der Waals surface area contributed by atoms with Gasteiger partial charge in [-0.2, -0.15) is 10.2 Å². The smallest absolute Gasteiger partial charge is 0.176 e. The monoisotopic (exact) mass is 564 g/mol. The number of hydrogen-bond donors (Lipinski definition) is 2. The molecule has 0 bridgehead atoms. The Morgan fingerprint density at radius 2 is 1.79 bits per heavy atom.